The van der Waals surface area contributed by atoms with Crippen LogP contribution in [0.15, 0.2) is 24.3 Å². The maximum Gasteiger partial charge on any atom is 0.123 e. The highest BCUT2D eigenvalue weighted by Crippen LogP contribution is 2.18. The molecule has 3 heteroatoms. The van der Waals surface area contributed by atoms with Gasteiger partial charge in [0.25, 0.3) is 0 Å². The van der Waals surface area contributed by atoms with E-state index in [0.717, 1.165) is 25.4 Å². The van der Waals surface area contributed by atoms with Crippen molar-refractivity contribution in [3.63, 3.8) is 0 Å². The average molecular weight is 292 g/mol. The first-order valence-corrected chi connectivity index (χ1v) is 8.06. The van der Waals surface area contributed by atoms with Gasteiger partial charge in [-0.25, -0.2) is 0 Å². The van der Waals surface area contributed by atoms with Crippen LogP contribution in [0.1, 0.15) is 40.2 Å². The summed E-state index contributed by atoms with van der Waals surface area (Å²) in [5, 5.41) is 3.44. The fourth-order valence-electron chi connectivity index (χ4n) is 2.12. The lowest BCUT2D eigenvalue weighted by atomic mass is 10.1. The molecule has 0 aliphatic carbocycles. The number of likely N-dealkylation sites (N-methyl/N-ethyl adjacent to an activating group) is 1. The predicted octanol–water partition coefficient (Wildman–Crippen LogP) is 3.54. The van der Waals surface area contributed by atoms with Gasteiger partial charge in [-0.15, -0.1) is 0 Å². The zero-order valence-corrected chi connectivity index (χ0v) is 14.5. The summed E-state index contributed by atoms with van der Waals surface area (Å²) in [4.78, 5) is 2.36. The van der Waals surface area contributed by atoms with Crippen LogP contribution in [0, 0.1) is 5.92 Å². The number of hydrogen-bond acceptors (Lipinski definition) is 3. The molecule has 0 heterocycles. The minimum atomic E-state index is 0.482. The van der Waals surface area contributed by atoms with E-state index in [1.54, 1.807) is 0 Å². The van der Waals surface area contributed by atoms with Gasteiger partial charge in [-0.05, 0) is 26.0 Å². The number of rotatable bonds is 9. The van der Waals surface area contributed by atoms with Gasteiger partial charge in [0.1, 0.15) is 12.4 Å². The first-order chi connectivity index (χ1) is 9.91. The Morgan fingerprint density at radius 3 is 2.38 bits per heavy atom. The Labute approximate surface area is 130 Å². The predicted molar refractivity (Wildman–Crippen MR) is 90.8 cm³/mol. The van der Waals surface area contributed by atoms with Crippen LogP contribution < -0.4 is 10.1 Å². The molecule has 3 nitrogen and oxygen atoms in total. The van der Waals surface area contributed by atoms with E-state index in [1.807, 2.05) is 6.07 Å². The van der Waals surface area contributed by atoms with Gasteiger partial charge in [-0.1, -0.05) is 45.9 Å². The SMILES string of the molecule is CC(C)NCc1ccccc1OCCN(C)C(C)C(C)C. The van der Waals surface area contributed by atoms with Crippen molar-refractivity contribution in [1.82, 2.24) is 10.2 Å². The molecule has 0 saturated heterocycles. The van der Waals surface area contributed by atoms with Crippen molar-refractivity contribution in [1.29, 1.82) is 0 Å². The summed E-state index contributed by atoms with van der Waals surface area (Å²) >= 11 is 0. The van der Waals surface area contributed by atoms with Crippen LogP contribution in [0.2, 0.25) is 0 Å². The quantitative estimate of drug-likeness (QED) is 0.753. The fraction of sp³-hybridized carbons (Fsp3) is 0.667. The molecule has 1 N–H and O–H groups in total. The normalized spacial score (nSPS) is 13.2. The highest BCUT2D eigenvalue weighted by molar-refractivity contribution is 5.33. The number of ether oxygens (including phenoxy) is 1. The van der Waals surface area contributed by atoms with E-state index < -0.39 is 0 Å². The van der Waals surface area contributed by atoms with Crippen LogP contribution in [0.25, 0.3) is 0 Å². The second kappa shape index (κ2) is 9.06. The standard InChI is InChI=1S/C18H32N2O/c1-14(2)16(5)20(6)11-12-21-18-10-8-7-9-17(18)13-19-15(3)4/h7-10,14-16,19H,11-13H2,1-6H3. The first kappa shape index (κ1) is 18.0. The van der Waals surface area contributed by atoms with Crippen LogP contribution >= 0.6 is 0 Å². The number of benzene rings is 1. The summed E-state index contributed by atoms with van der Waals surface area (Å²) in [6.45, 7) is 13.6. The molecule has 0 fully saturated rings. The van der Waals surface area contributed by atoms with Crippen molar-refractivity contribution in [3.05, 3.63) is 29.8 Å². The Morgan fingerprint density at radius 2 is 1.76 bits per heavy atom. The lowest BCUT2D eigenvalue weighted by molar-refractivity contribution is 0.169. The Kier molecular flexibility index (Phi) is 7.76. The third kappa shape index (κ3) is 6.49. The van der Waals surface area contributed by atoms with Crippen molar-refractivity contribution in [3.8, 4) is 5.75 Å². The topological polar surface area (TPSA) is 24.5 Å². The molecule has 120 valence electrons. The molecule has 0 aliphatic rings. The van der Waals surface area contributed by atoms with Crippen molar-refractivity contribution < 1.29 is 4.74 Å². The van der Waals surface area contributed by atoms with Gasteiger partial charge < -0.3 is 15.0 Å². The van der Waals surface area contributed by atoms with Gasteiger partial charge in [-0.2, -0.15) is 0 Å². The molecule has 0 aliphatic heterocycles. The van der Waals surface area contributed by atoms with E-state index in [1.165, 1.54) is 5.56 Å². The molecule has 0 bridgehead atoms. The second-order valence-corrected chi connectivity index (χ2v) is 6.46. The monoisotopic (exact) mass is 292 g/mol. The third-order valence-electron chi connectivity index (χ3n) is 4.03. The molecule has 0 amide bonds. The summed E-state index contributed by atoms with van der Waals surface area (Å²) in [5.74, 6) is 1.66. The average Bonchev–Trinajstić information content (AvgIpc) is 2.45. The first-order valence-electron chi connectivity index (χ1n) is 8.06. The zero-order chi connectivity index (χ0) is 15.8. The van der Waals surface area contributed by atoms with E-state index in [-0.39, 0.29) is 0 Å². The summed E-state index contributed by atoms with van der Waals surface area (Å²) in [7, 11) is 2.17. The number of nitrogens with one attached hydrogen (secondary N) is 1. The summed E-state index contributed by atoms with van der Waals surface area (Å²) < 4.78 is 5.99. The van der Waals surface area contributed by atoms with Crippen LogP contribution in [0.5, 0.6) is 5.75 Å². The van der Waals surface area contributed by atoms with Crippen molar-refractivity contribution >= 4 is 0 Å². The second-order valence-electron chi connectivity index (χ2n) is 6.46. The Bertz CT molecular complexity index is 404. The molecule has 0 aromatic heterocycles. The number of nitrogens with zero attached hydrogens (tertiary/aromatic N) is 1. The molecular formula is C18H32N2O. The number of para-hydroxylation sites is 1. The van der Waals surface area contributed by atoms with Gasteiger partial charge >= 0.3 is 0 Å². The third-order valence-corrected chi connectivity index (χ3v) is 4.03. The van der Waals surface area contributed by atoms with E-state index in [2.05, 4.69) is 70.1 Å². The van der Waals surface area contributed by atoms with E-state index in [9.17, 15) is 0 Å². The van der Waals surface area contributed by atoms with Crippen LogP contribution in [-0.4, -0.2) is 37.2 Å². The Hall–Kier alpha value is -1.06. The lowest BCUT2D eigenvalue weighted by Crippen LogP contribution is -2.36. The van der Waals surface area contributed by atoms with E-state index in [4.69, 9.17) is 4.74 Å². The van der Waals surface area contributed by atoms with E-state index >= 15 is 0 Å². The molecule has 21 heavy (non-hydrogen) atoms. The van der Waals surface area contributed by atoms with Gasteiger partial charge in [-0.3, -0.25) is 0 Å². The van der Waals surface area contributed by atoms with Gasteiger partial charge in [0.05, 0.1) is 0 Å². The molecule has 1 aromatic carbocycles. The molecule has 0 saturated carbocycles. The fourth-order valence-corrected chi connectivity index (χ4v) is 2.12. The lowest BCUT2D eigenvalue weighted by Gasteiger charge is -2.27. The molecule has 1 unspecified atom stereocenters. The highest BCUT2D eigenvalue weighted by atomic mass is 16.5. The van der Waals surface area contributed by atoms with Gasteiger partial charge in [0.2, 0.25) is 0 Å². The van der Waals surface area contributed by atoms with Crippen LogP contribution in [0.3, 0.4) is 0 Å². The molecule has 1 atom stereocenters. The van der Waals surface area contributed by atoms with Crippen LogP contribution in [0.4, 0.5) is 0 Å². The van der Waals surface area contributed by atoms with Gasteiger partial charge in [0, 0.05) is 30.7 Å². The minimum absolute atomic E-state index is 0.482. The zero-order valence-electron chi connectivity index (χ0n) is 14.5. The van der Waals surface area contributed by atoms with Gasteiger partial charge in [0.15, 0.2) is 0 Å². The number of hydrogen-bond donors (Lipinski definition) is 1. The summed E-state index contributed by atoms with van der Waals surface area (Å²) in [6, 6.07) is 9.35. The summed E-state index contributed by atoms with van der Waals surface area (Å²) in [5.41, 5.74) is 1.23. The van der Waals surface area contributed by atoms with Crippen molar-refractivity contribution in [2.45, 2.75) is 53.2 Å². The molecule has 0 spiro atoms. The minimum Gasteiger partial charge on any atom is -0.492 e. The Morgan fingerprint density at radius 1 is 1.10 bits per heavy atom. The van der Waals surface area contributed by atoms with E-state index in [0.29, 0.717) is 18.0 Å². The van der Waals surface area contributed by atoms with Crippen LogP contribution in [-0.2, 0) is 6.54 Å². The molecular weight excluding hydrogens is 260 g/mol. The Balaban J connectivity index is 2.48. The maximum absolute atomic E-state index is 5.99. The summed E-state index contributed by atoms with van der Waals surface area (Å²) in [6.07, 6.45) is 0. The maximum atomic E-state index is 5.99. The smallest absolute Gasteiger partial charge is 0.123 e. The van der Waals surface area contributed by atoms with Crippen molar-refractivity contribution in [2.24, 2.45) is 5.92 Å². The highest BCUT2D eigenvalue weighted by Gasteiger charge is 2.13. The molecule has 0 radical (unpaired) electrons. The molecule has 1 rings (SSSR count). The largest absolute Gasteiger partial charge is 0.492 e. The molecule has 1 aromatic rings. The van der Waals surface area contributed by atoms with Crippen molar-refractivity contribution in [2.75, 3.05) is 20.2 Å².